The van der Waals surface area contributed by atoms with Gasteiger partial charge in [-0.3, -0.25) is 4.79 Å². The average Bonchev–Trinajstić information content (AvgIpc) is 3.08. The van der Waals surface area contributed by atoms with Gasteiger partial charge in [-0.25, -0.2) is 9.97 Å². The lowest BCUT2D eigenvalue weighted by molar-refractivity contribution is -0.124. The maximum absolute atomic E-state index is 13.7. The lowest BCUT2D eigenvalue weighted by Crippen LogP contribution is -2.46. The highest BCUT2D eigenvalue weighted by Gasteiger charge is 2.68. The van der Waals surface area contributed by atoms with E-state index in [2.05, 4.69) is 15.3 Å². The van der Waals surface area contributed by atoms with Gasteiger partial charge in [0.2, 0.25) is 5.91 Å². The number of anilines is 1. The van der Waals surface area contributed by atoms with Crippen molar-refractivity contribution < 1.29 is 9.53 Å². The number of halogens is 1. The van der Waals surface area contributed by atoms with Crippen molar-refractivity contribution in [2.75, 3.05) is 12.4 Å². The molecule has 7 nitrogen and oxygen atoms in total. The second kappa shape index (κ2) is 6.43. The van der Waals surface area contributed by atoms with Crippen LogP contribution in [-0.4, -0.2) is 23.0 Å². The van der Waals surface area contributed by atoms with Crippen LogP contribution in [0.15, 0.2) is 18.2 Å². The molecule has 1 aromatic carbocycles. The van der Waals surface area contributed by atoms with Crippen molar-refractivity contribution in [2.45, 2.75) is 38.0 Å². The van der Waals surface area contributed by atoms with Crippen LogP contribution in [0.5, 0.6) is 5.75 Å². The van der Waals surface area contributed by atoms with Crippen LogP contribution >= 0.6 is 11.6 Å². The number of amides is 1. The minimum Gasteiger partial charge on any atom is -0.495 e. The molecule has 29 heavy (non-hydrogen) atoms. The van der Waals surface area contributed by atoms with E-state index in [0.29, 0.717) is 34.3 Å². The van der Waals surface area contributed by atoms with E-state index in [1.165, 1.54) is 7.11 Å². The predicted molar refractivity (Wildman–Crippen MR) is 106 cm³/mol. The summed E-state index contributed by atoms with van der Waals surface area (Å²) in [5, 5.41) is 22.2. The zero-order chi connectivity index (χ0) is 21.0. The highest BCUT2D eigenvalue weighted by Crippen LogP contribution is 2.67. The third-order valence-corrected chi connectivity index (χ3v) is 6.68. The molecule has 0 spiro atoms. The maximum atomic E-state index is 13.7. The maximum Gasteiger partial charge on any atom is 0.237 e. The number of hydrogen-bond acceptors (Lipinski definition) is 6. The standard InChI is InChI=1S/C21H18ClN5O2/c1-20(2)12-6-7-21(20,18-17(12)25-14(9-23)15(10-24)26-18)19(28)27-13-8-11(22)4-5-16(13)29-3/h4-5,8,12H,6-7H2,1-3H3,(H,27,28). The summed E-state index contributed by atoms with van der Waals surface area (Å²) in [6, 6.07) is 8.87. The van der Waals surface area contributed by atoms with E-state index in [0.717, 1.165) is 6.42 Å². The second-order valence-electron chi connectivity index (χ2n) is 7.90. The van der Waals surface area contributed by atoms with Crippen molar-refractivity contribution in [2.24, 2.45) is 5.41 Å². The molecule has 1 heterocycles. The smallest absolute Gasteiger partial charge is 0.237 e. The van der Waals surface area contributed by atoms with Crippen LogP contribution in [0.25, 0.3) is 0 Å². The molecule has 2 aliphatic carbocycles. The number of carbonyl (C=O) groups excluding carboxylic acids is 1. The zero-order valence-corrected chi connectivity index (χ0v) is 17.0. The van der Waals surface area contributed by atoms with E-state index >= 15 is 0 Å². The average molecular weight is 408 g/mol. The third kappa shape index (κ3) is 2.44. The van der Waals surface area contributed by atoms with E-state index in [1.807, 2.05) is 26.0 Å². The Kier molecular flexibility index (Phi) is 4.25. The Hall–Kier alpha value is -3.16. The Morgan fingerprint density at radius 2 is 1.97 bits per heavy atom. The van der Waals surface area contributed by atoms with Crippen LogP contribution in [-0.2, 0) is 10.2 Å². The summed E-state index contributed by atoms with van der Waals surface area (Å²) in [4.78, 5) is 22.6. The van der Waals surface area contributed by atoms with Gasteiger partial charge in [-0.15, -0.1) is 0 Å². The summed E-state index contributed by atoms with van der Waals surface area (Å²) in [5.74, 6) is 0.234. The topological polar surface area (TPSA) is 112 Å². The van der Waals surface area contributed by atoms with Crippen LogP contribution in [0, 0.1) is 28.1 Å². The van der Waals surface area contributed by atoms with Crippen LogP contribution < -0.4 is 10.1 Å². The van der Waals surface area contributed by atoms with Crippen molar-refractivity contribution in [3.8, 4) is 17.9 Å². The Morgan fingerprint density at radius 3 is 2.62 bits per heavy atom. The minimum atomic E-state index is -0.965. The Balaban J connectivity index is 1.86. The van der Waals surface area contributed by atoms with Crippen LogP contribution in [0.1, 0.15) is 55.4 Å². The molecule has 2 unspecified atom stereocenters. The van der Waals surface area contributed by atoms with Crippen molar-refractivity contribution in [1.82, 2.24) is 9.97 Å². The monoisotopic (exact) mass is 407 g/mol. The van der Waals surface area contributed by atoms with Crippen molar-refractivity contribution in [3.63, 3.8) is 0 Å². The van der Waals surface area contributed by atoms with E-state index in [4.69, 9.17) is 16.3 Å². The van der Waals surface area contributed by atoms with Gasteiger partial charge in [-0.1, -0.05) is 25.4 Å². The molecule has 1 amide bonds. The van der Waals surface area contributed by atoms with Gasteiger partial charge in [0, 0.05) is 10.9 Å². The minimum absolute atomic E-state index is 0.00154. The van der Waals surface area contributed by atoms with Crippen LogP contribution in [0.3, 0.4) is 0 Å². The Morgan fingerprint density at radius 1 is 1.28 bits per heavy atom. The fourth-order valence-corrected chi connectivity index (χ4v) is 5.10. The molecule has 1 fully saturated rings. The molecule has 1 saturated carbocycles. The summed E-state index contributed by atoms with van der Waals surface area (Å²) in [5.41, 5.74) is 0.106. The number of benzene rings is 1. The molecule has 2 aliphatic rings. The first kappa shape index (κ1) is 19.2. The van der Waals surface area contributed by atoms with E-state index < -0.39 is 10.8 Å². The van der Waals surface area contributed by atoms with Gasteiger partial charge in [-0.05, 0) is 36.5 Å². The summed E-state index contributed by atoms with van der Waals surface area (Å²) in [7, 11) is 1.52. The molecule has 8 heteroatoms. The summed E-state index contributed by atoms with van der Waals surface area (Å²) >= 11 is 6.11. The van der Waals surface area contributed by atoms with Gasteiger partial charge >= 0.3 is 0 Å². The van der Waals surface area contributed by atoms with E-state index in [9.17, 15) is 15.3 Å². The first-order valence-electron chi connectivity index (χ1n) is 9.17. The van der Waals surface area contributed by atoms with Gasteiger partial charge in [-0.2, -0.15) is 10.5 Å². The highest BCUT2D eigenvalue weighted by molar-refractivity contribution is 6.31. The van der Waals surface area contributed by atoms with Crippen LogP contribution in [0.4, 0.5) is 5.69 Å². The second-order valence-corrected chi connectivity index (χ2v) is 8.33. The Bertz CT molecular complexity index is 1130. The van der Waals surface area contributed by atoms with Crippen molar-refractivity contribution in [1.29, 1.82) is 10.5 Å². The number of nitrogens with zero attached hydrogens (tertiary/aromatic N) is 4. The molecule has 2 atom stereocenters. The molecule has 2 bridgehead atoms. The molecule has 0 aliphatic heterocycles. The number of nitriles is 2. The lowest BCUT2D eigenvalue weighted by atomic mass is 9.67. The number of methoxy groups -OCH3 is 1. The largest absolute Gasteiger partial charge is 0.495 e. The van der Waals surface area contributed by atoms with Crippen molar-refractivity contribution in [3.05, 3.63) is 46.0 Å². The molecule has 2 aromatic rings. The molecule has 0 radical (unpaired) electrons. The quantitative estimate of drug-likeness (QED) is 0.830. The zero-order valence-electron chi connectivity index (χ0n) is 16.2. The predicted octanol–water partition coefficient (Wildman–Crippen LogP) is 3.68. The lowest BCUT2D eigenvalue weighted by Gasteiger charge is -2.36. The number of aromatic nitrogens is 2. The summed E-state index contributed by atoms with van der Waals surface area (Å²) in [6.45, 7) is 4.03. The van der Waals surface area contributed by atoms with Gasteiger partial charge in [0.05, 0.1) is 29.6 Å². The summed E-state index contributed by atoms with van der Waals surface area (Å²) < 4.78 is 5.35. The van der Waals surface area contributed by atoms with E-state index in [-0.39, 0.29) is 23.2 Å². The number of nitrogens with one attached hydrogen (secondary N) is 1. The first-order chi connectivity index (χ1) is 13.8. The molecule has 4 rings (SSSR count). The van der Waals surface area contributed by atoms with Gasteiger partial charge in [0.1, 0.15) is 17.9 Å². The van der Waals surface area contributed by atoms with Gasteiger partial charge in [0.25, 0.3) is 0 Å². The number of carbonyl (C=O) groups is 1. The first-order valence-corrected chi connectivity index (χ1v) is 9.55. The van der Waals surface area contributed by atoms with Crippen LogP contribution in [0.2, 0.25) is 5.02 Å². The molecular weight excluding hydrogens is 390 g/mol. The molecular formula is C21H18ClN5O2. The highest BCUT2D eigenvalue weighted by atomic mass is 35.5. The number of rotatable bonds is 3. The Labute approximate surface area is 173 Å². The molecule has 1 aromatic heterocycles. The third-order valence-electron chi connectivity index (χ3n) is 6.45. The molecule has 1 N–H and O–H groups in total. The van der Waals surface area contributed by atoms with Crippen molar-refractivity contribution >= 4 is 23.2 Å². The fourth-order valence-electron chi connectivity index (χ4n) is 4.93. The van der Waals surface area contributed by atoms with E-state index in [1.54, 1.807) is 18.2 Å². The SMILES string of the molecule is COc1ccc(Cl)cc1NC(=O)C12CCC(c3nc(C#N)c(C#N)nc31)C2(C)C. The summed E-state index contributed by atoms with van der Waals surface area (Å²) in [6.07, 6.45) is 1.34. The molecule has 146 valence electrons. The molecule has 0 saturated heterocycles. The number of fused-ring (bicyclic) bond motifs is 5. The normalized spacial score (nSPS) is 23.0. The number of ether oxygens (including phenoxy) is 1. The number of hydrogen-bond donors (Lipinski definition) is 1. The van der Waals surface area contributed by atoms with Gasteiger partial charge < -0.3 is 10.1 Å². The van der Waals surface area contributed by atoms with Gasteiger partial charge in [0.15, 0.2) is 11.4 Å². The fraction of sp³-hybridized carbons (Fsp3) is 0.381.